The molecule has 0 saturated heterocycles. The van der Waals surface area contributed by atoms with E-state index < -0.39 is 0 Å². The summed E-state index contributed by atoms with van der Waals surface area (Å²) in [5.41, 5.74) is 3.48. The van der Waals surface area contributed by atoms with Gasteiger partial charge in [0.1, 0.15) is 0 Å². The van der Waals surface area contributed by atoms with E-state index in [-0.39, 0.29) is 0 Å². The van der Waals surface area contributed by atoms with E-state index in [1.165, 1.54) is 32.1 Å². The largest absolute Gasteiger partial charge is 0.271 e. The molecule has 0 spiro atoms. The predicted molar refractivity (Wildman–Crippen MR) is 65.0 cm³/mol. The number of hydrazine groups is 1. The maximum absolute atomic E-state index is 5.70. The van der Waals surface area contributed by atoms with Crippen molar-refractivity contribution >= 4 is 0 Å². The molecule has 1 atom stereocenters. The molecule has 1 aliphatic carbocycles. The molecule has 2 nitrogen and oxygen atoms in total. The quantitative estimate of drug-likeness (QED) is 0.414. The Morgan fingerprint density at radius 1 is 1.40 bits per heavy atom. The molecule has 3 N–H and O–H groups in total. The Bertz CT molecular complexity index is 231. The van der Waals surface area contributed by atoms with Crippen molar-refractivity contribution < 1.29 is 0 Å². The summed E-state index contributed by atoms with van der Waals surface area (Å²) >= 11 is 0. The van der Waals surface area contributed by atoms with Gasteiger partial charge >= 0.3 is 0 Å². The molecule has 0 radical (unpaired) electrons. The van der Waals surface area contributed by atoms with Crippen molar-refractivity contribution in [3.63, 3.8) is 0 Å². The van der Waals surface area contributed by atoms with Gasteiger partial charge in [-0.3, -0.25) is 11.3 Å². The second-order valence-corrected chi connectivity index (χ2v) is 4.61. The van der Waals surface area contributed by atoms with Gasteiger partial charge in [-0.05, 0) is 38.0 Å². The fraction of sp³-hybridized carbons (Fsp3) is 0.846. The van der Waals surface area contributed by atoms with Gasteiger partial charge in [-0.1, -0.05) is 19.8 Å². The maximum atomic E-state index is 5.70. The van der Waals surface area contributed by atoms with E-state index in [2.05, 4.69) is 24.2 Å². The molecule has 1 saturated carbocycles. The SMILES string of the molecule is CC#CCCC(NN)C1(CC)CCCC1. The monoisotopic (exact) mass is 208 g/mol. The van der Waals surface area contributed by atoms with E-state index in [9.17, 15) is 0 Å². The summed E-state index contributed by atoms with van der Waals surface area (Å²) in [6.45, 7) is 4.19. The van der Waals surface area contributed by atoms with E-state index >= 15 is 0 Å². The van der Waals surface area contributed by atoms with Crippen molar-refractivity contribution in [2.75, 3.05) is 0 Å². The fourth-order valence-corrected chi connectivity index (χ4v) is 2.94. The van der Waals surface area contributed by atoms with Crippen molar-refractivity contribution in [3.8, 4) is 11.8 Å². The highest BCUT2D eigenvalue weighted by molar-refractivity contribution is 4.99. The zero-order chi connectivity index (χ0) is 11.1. The van der Waals surface area contributed by atoms with Crippen LogP contribution in [0.3, 0.4) is 0 Å². The molecule has 0 aromatic carbocycles. The number of nitrogens with two attached hydrogens (primary N) is 1. The van der Waals surface area contributed by atoms with Crippen LogP contribution in [0.15, 0.2) is 0 Å². The second-order valence-electron chi connectivity index (χ2n) is 4.61. The summed E-state index contributed by atoms with van der Waals surface area (Å²) < 4.78 is 0. The first-order valence-corrected chi connectivity index (χ1v) is 6.15. The van der Waals surface area contributed by atoms with Crippen molar-refractivity contribution in [2.24, 2.45) is 11.3 Å². The Balaban J connectivity index is 2.56. The van der Waals surface area contributed by atoms with E-state index in [4.69, 9.17) is 5.84 Å². The number of nitrogens with one attached hydrogen (secondary N) is 1. The van der Waals surface area contributed by atoms with Crippen LogP contribution in [0.2, 0.25) is 0 Å². The summed E-state index contributed by atoms with van der Waals surface area (Å²) in [5.74, 6) is 11.8. The van der Waals surface area contributed by atoms with Crippen LogP contribution in [0.1, 0.15) is 58.8 Å². The molecule has 1 aliphatic rings. The minimum Gasteiger partial charge on any atom is -0.271 e. The first-order valence-electron chi connectivity index (χ1n) is 6.15. The average Bonchev–Trinajstić information content (AvgIpc) is 2.74. The molecule has 0 amide bonds. The molecule has 0 aromatic heterocycles. The van der Waals surface area contributed by atoms with Gasteiger partial charge in [0.2, 0.25) is 0 Å². The molecular weight excluding hydrogens is 184 g/mol. The highest BCUT2D eigenvalue weighted by Crippen LogP contribution is 2.44. The lowest BCUT2D eigenvalue weighted by atomic mass is 9.75. The molecule has 0 aliphatic heterocycles. The van der Waals surface area contributed by atoms with E-state index in [0.29, 0.717) is 11.5 Å². The third-order valence-electron chi connectivity index (χ3n) is 3.98. The van der Waals surface area contributed by atoms with Gasteiger partial charge < -0.3 is 0 Å². The van der Waals surface area contributed by atoms with E-state index in [1.54, 1.807) is 0 Å². The number of hydrogen-bond donors (Lipinski definition) is 2. The minimum atomic E-state index is 0.449. The summed E-state index contributed by atoms with van der Waals surface area (Å²) in [5, 5.41) is 0. The summed E-state index contributed by atoms with van der Waals surface area (Å²) in [7, 11) is 0. The first-order chi connectivity index (χ1) is 7.29. The first kappa shape index (κ1) is 12.5. The lowest BCUT2D eigenvalue weighted by Gasteiger charge is -2.36. The van der Waals surface area contributed by atoms with Crippen LogP contribution in [-0.2, 0) is 0 Å². The Morgan fingerprint density at radius 3 is 2.53 bits per heavy atom. The normalized spacial score (nSPS) is 20.7. The van der Waals surface area contributed by atoms with Crippen LogP contribution < -0.4 is 11.3 Å². The fourth-order valence-electron chi connectivity index (χ4n) is 2.94. The molecule has 1 unspecified atom stereocenters. The minimum absolute atomic E-state index is 0.449. The molecule has 1 fully saturated rings. The maximum Gasteiger partial charge on any atom is 0.0275 e. The molecular formula is C13H24N2. The van der Waals surface area contributed by atoms with Gasteiger partial charge in [0.05, 0.1) is 0 Å². The number of hydrogen-bond acceptors (Lipinski definition) is 2. The Morgan fingerprint density at radius 2 is 2.07 bits per heavy atom. The van der Waals surface area contributed by atoms with Gasteiger partial charge in [-0.2, -0.15) is 0 Å². The standard InChI is InChI=1S/C13H24N2/c1-3-5-6-9-12(15-14)13(4-2)10-7-8-11-13/h12,15H,4,6-11,14H2,1-2H3. The van der Waals surface area contributed by atoms with Crippen LogP contribution in [-0.4, -0.2) is 6.04 Å². The topological polar surface area (TPSA) is 38.0 Å². The van der Waals surface area contributed by atoms with Gasteiger partial charge in [0, 0.05) is 12.5 Å². The molecule has 15 heavy (non-hydrogen) atoms. The molecule has 2 heteroatoms. The van der Waals surface area contributed by atoms with E-state index in [1.807, 2.05) is 6.92 Å². The molecule has 0 aromatic rings. The summed E-state index contributed by atoms with van der Waals surface area (Å²) in [6.07, 6.45) is 8.69. The smallest absolute Gasteiger partial charge is 0.0275 e. The zero-order valence-corrected chi connectivity index (χ0v) is 10.1. The van der Waals surface area contributed by atoms with Crippen molar-refractivity contribution in [1.29, 1.82) is 0 Å². The van der Waals surface area contributed by atoms with Crippen molar-refractivity contribution in [3.05, 3.63) is 0 Å². The number of rotatable bonds is 5. The van der Waals surface area contributed by atoms with E-state index in [0.717, 1.165) is 12.8 Å². The van der Waals surface area contributed by atoms with Crippen LogP contribution >= 0.6 is 0 Å². The third kappa shape index (κ3) is 2.96. The summed E-state index contributed by atoms with van der Waals surface area (Å²) in [4.78, 5) is 0. The zero-order valence-electron chi connectivity index (χ0n) is 10.1. The average molecular weight is 208 g/mol. The van der Waals surface area contributed by atoms with Crippen LogP contribution in [0.25, 0.3) is 0 Å². The van der Waals surface area contributed by atoms with Crippen molar-refractivity contribution in [2.45, 2.75) is 64.8 Å². The molecule has 0 bridgehead atoms. The van der Waals surface area contributed by atoms with Crippen LogP contribution in [0.4, 0.5) is 0 Å². The van der Waals surface area contributed by atoms with Gasteiger partial charge in [0.15, 0.2) is 0 Å². The Labute approximate surface area is 94.0 Å². The van der Waals surface area contributed by atoms with Gasteiger partial charge in [-0.15, -0.1) is 11.8 Å². The molecule has 1 rings (SSSR count). The second kappa shape index (κ2) is 6.15. The Hall–Kier alpha value is -0.520. The highest BCUT2D eigenvalue weighted by Gasteiger charge is 2.38. The molecule has 0 heterocycles. The predicted octanol–water partition coefficient (Wildman–Crippen LogP) is 2.59. The van der Waals surface area contributed by atoms with Crippen molar-refractivity contribution in [1.82, 2.24) is 5.43 Å². The third-order valence-corrected chi connectivity index (χ3v) is 3.98. The lowest BCUT2D eigenvalue weighted by Crippen LogP contribution is -2.47. The van der Waals surface area contributed by atoms with Gasteiger partial charge in [0.25, 0.3) is 0 Å². The van der Waals surface area contributed by atoms with Gasteiger partial charge in [-0.25, -0.2) is 0 Å². The molecule has 86 valence electrons. The van der Waals surface area contributed by atoms with Crippen LogP contribution in [0.5, 0.6) is 0 Å². The Kier molecular flexibility index (Phi) is 5.14. The van der Waals surface area contributed by atoms with Crippen LogP contribution in [0, 0.1) is 17.3 Å². The highest BCUT2D eigenvalue weighted by atomic mass is 15.2. The lowest BCUT2D eigenvalue weighted by molar-refractivity contribution is 0.179. The summed E-state index contributed by atoms with van der Waals surface area (Å²) in [6, 6.07) is 0.450.